The molecule has 1 aliphatic rings. The summed E-state index contributed by atoms with van der Waals surface area (Å²) < 4.78 is 13.7. The minimum atomic E-state index is -0.231. The van der Waals surface area contributed by atoms with E-state index in [0.29, 0.717) is 22.1 Å². The fourth-order valence-electron chi connectivity index (χ4n) is 2.50. The number of fused-ring (bicyclic) bond motifs is 3. The molecule has 0 radical (unpaired) electrons. The highest BCUT2D eigenvalue weighted by molar-refractivity contribution is 6.36. The third kappa shape index (κ3) is 1.35. The molecule has 1 N–H and O–H groups in total. The van der Waals surface area contributed by atoms with Gasteiger partial charge in [0, 0.05) is 5.39 Å². The summed E-state index contributed by atoms with van der Waals surface area (Å²) in [5.41, 5.74) is 2.63. The van der Waals surface area contributed by atoms with Crippen LogP contribution in [0, 0.1) is 5.82 Å². The van der Waals surface area contributed by atoms with Gasteiger partial charge >= 0.3 is 0 Å². The van der Waals surface area contributed by atoms with E-state index in [1.54, 1.807) is 6.07 Å². The summed E-state index contributed by atoms with van der Waals surface area (Å²) in [6, 6.07) is 3.10. The van der Waals surface area contributed by atoms with Crippen molar-refractivity contribution in [3.63, 3.8) is 0 Å². The van der Waals surface area contributed by atoms with Gasteiger partial charge in [-0.1, -0.05) is 11.6 Å². The molecule has 4 rings (SSSR count). The second-order valence-electron chi connectivity index (χ2n) is 4.70. The molecule has 1 aliphatic carbocycles. The van der Waals surface area contributed by atoms with Crippen LogP contribution < -0.4 is 0 Å². The lowest BCUT2D eigenvalue weighted by atomic mass is 10.1. The van der Waals surface area contributed by atoms with Crippen molar-refractivity contribution >= 4 is 33.5 Å². The molecule has 18 heavy (non-hydrogen) atoms. The highest BCUT2D eigenvalue weighted by Gasteiger charge is 2.27. The van der Waals surface area contributed by atoms with Crippen LogP contribution in [0.5, 0.6) is 0 Å². The first-order chi connectivity index (χ1) is 8.74. The minimum Gasteiger partial charge on any atom is -0.339 e. The van der Waals surface area contributed by atoms with Crippen molar-refractivity contribution < 1.29 is 4.39 Å². The molecule has 0 atom stereocenters. The highest BCUT2D eigenvalue weighted by Crippen LogP contribution is 2.44. The van der Waals surface area contributed by atoms with Crippen molar-refractivity contribution in [2.45, 2.75) is 18.8 Å². The molecule has 0 unspecified atom stereocenters. The molecule has 0 bridgehead atoms. The molecule has 2 heterocycles. The smallest absolute Gasteiger partial charge is 0.143 e. The third-order valence-electron chi connectivity index (χ3n) is 3.46. The molecule has 1 fully saturated rings. The van der Waals surface area contributed by atoms with Gasteiger partial charge in [-0.15, -0.1) is 0 Å². The van der Waals surface area contributed by atoms with Crippen molar-refractivity contribution in [1.29, 1.82) is 0 Å². The number of halogens is 2. The van der Waals surface area contributed by atoms with Crippen LogP contribution >= 0.6 is 11.6 Å². The zero-order chi connectivity index (χ0) is 12.3. The van der Waals surface area contributed by atoms with Gasteiger partial charge in [-0.2, -0.15) is 0 Å². The van der Waals surface area contributed by atoms with E-state index in [0.717, 1.165) is 29.3 Å². The maximum absolute atomic E-state index is 13.7. The first kappa shape index (κ1) is 10.3. The number of aromatic nitrogens is 3. The number of benzene rings is 1. The fraction of sp³-hybridized carbons (Fsp3) is 0.231. The average Bonchev–Trinajstić information content (AvgIpc) is 3.10. The van der Waals surface area contributed by atoms with Gasteiger partial charge < -0.3 is 4.98 Å². The second-order valence-corrected chi connectivity index (χ2v) is 5.06. The van der Waals surface area contributed by atoms with Gasteiger partial charge in [0.05, 0.1) is 10.9 Å². The first-order valence-corrected chi connectivity index (χ1v) is 6.23. The molecule has 0 saturated heterocycles. The predicted molar refractivity (Wildman–Crippen MR) is 68.3 cm³/mol. The van der Waals surface area contributed by atoms with E-state index in [2.05, 4.69) is 15.0 Å². The second kappa shape index (κ2) is 3.42. The average molecular weight is 262 g/mol. The van der Waals surface area contributed by atoms with E-state index in [9.17, 15) is 4.39 Å². The first-order valence-electron chi connectivity index (χ1n) is 5.85. The Kier molecular flexibility index (Phi) is 1.95. The zero-order valence-corrected chi connectivity index (χ0v) is 10.1. The van der Waals surface area contributed by atoms with Gasteiger partial charge in [-0.05, 0) is 36.5 Å². The van der Waals surface area contributed by atoms with Crippen molar-refractivity contribution in [3.8, 4) is 0 Å². The van der Waals surface area contributed by atoms with E-state index in [-0.39, 0.29) is 5.82 Å². The van der Waals surface area contributed by atoms with E-state index in [4.69, 9.17) is 11.6 Å². The van der Waals surface area contributed by atoms with Gasteiger partial charge in [-0.25, -0.2) is 14.4 Å². The Bertz CT molecular complexity index is 777. The number of rotatable bonds is 1. The molecule has 1 saturated carbocycles. The van der Waals surface area contributed by atoms with Crippen LogP contribution in [0.1, 0.15) is 24.3 Å². The molecule has 5 heteroatoms. The van der Waals surface area contributed by atoms with Crippen molar-refractivity contribution in [2.75, 3.05) is 0 Å². The predicted octanol–water partition coefficient (Wildman–Crippen LogP) is 3.78. The minimum absolute atomic E-state index is 0.231. The summed E-state index contributed by atoms with van der Waals surface area (Å²) in [6.45, 7) is 0. The summed E-state index contributed by atoms with van der Waals surface area (Å²) in [4.78, 5) is 11.4. The molecule has 2 aromatic heterocycles. The molecular formula is C13H9ClFN3. The number of aromatic amines is 1. The number of nitrogens with zero attached hydrogens (tertiary/aromatic N) is 2. The van der Waals surface area contributed by atoms with Crippen molar-refractivity contribution in [1.82, 2.24) is 15.0 Å². The van der Waals surface area contributed by atoms with Gasteiger partial charge in [0.1, 0.15) is 22.9 Å². The lowest BCUT2D eigenvalue weighted by Crippen LogP contribution is -1.85. The molecule has 90 valence electrons. The topological polar surface area (TPSA) is 41.6 Å². The number of nitrogens with one attached hydrogen (secondary N) is 1. The molecule has 0 aliphatic heterocycles. The Morgan fingerprint density at radius 2 is 2.11 bits per heavy atom. The Balaban J connectivity index is 2.21. The normalized spacial score (nSPS) is 15.7. The largest absolute Gasteiger partial charge is 0.339 e. The standard InChI is InChI=1S/C13H9ClFN3/c14-12-10-9-4-7(15)3-8(6-1-2-6)11(9)18-13(10)17-5-16-12/h3-6H,1-2H2,(H,16,17,18). The number of hydrogen-bond acceptors (Lipinski definition) is 2. The molecule has 0 spiro atoms. The summed E-state index contributed by atoms with van der Waals surface area (Å²) in [5, 5.41) is 1.84. The van der Waals surface area contributed by atoms with Crippen LogP contribution in [0.3, 0.4) is 0 Å². The van der Waals surface area contributed by atoms with E-state index >= 15 is 0 Å². The molecule has 1 aromatic carbocycles. The number of hydrogen-bond donors (Lipinski definition) is 1. The lowest BCUT2D eigenvalue weighted by Gasteiger charge is -2.01. The van der Waals surface area contributed by atoms with Gasteiger partial charge in [0.2, 0.25) is 0 Å². The molecule has 0 amide bonds. The quantitative estimate of drug-likeness (QED) is 0.677. The maximum atomic E-state index is 13.7. The highest BCUT2D eigenvalue weighted by atomic mass is 35.5. The van der Waals surface area contributed by atoms with Crippen LogP contribution in [0.15, 0.2) is 18.5 Å². The Hall–Kier alpha value is -1.68. The lowest BCUT2D eigenvalue weighted by molar-refractivity contribution is 0.627. The summed E-state index contributed by atoms with van der Waals surface area (Å²) >= 11 is 6.08. The molecule has 3 aromatic rings. The van der Waals surface area contributed by atoms with Crippen LogP contribution in [0.25, 0.3) is 21.9 Å². The zero-order valence-electron chi connectivity index (χ0n) is 9.37. The SMILES string of the molecule is Fc1cc(C2CC2)c2[nH]c3ncnc(Cl)c3c2c1. The fourth-order valence-corrected chi connectivity index (χ4v) is 2.73. The summed E-state index contributed by atoms with van der Waals surface area (Å²) in [7, 11) is 0. The summed E-state index contributed by atoms with van der Waals surface area (Å²) in [5.74, 6) is 0.230. The Morgan fingerprint density at radius 1 is 1.28 bits per heavy atom. The van der Waals surface area contributed by atoms with Gasteiger partial charge in [0.15, 0.2) is 0 Å². The maximum Gasteiger partial charge on any atom is 0.143 e. The van der Waals surface area contributed by atoms with Crippen LogP contribution in [0.2, 0.25) is 5.15 Å². The van der Waals surface area contributed by atoms with E-state index < -0.39 is 0 Å². The van der Waals surface area contributed by atoms with Crippen LogP contribution in [-0.4, -0.2) is 15.0 Å². The Labute approximate surface area is 107 Å². The number of H-pyrrole nitrogens is 1. The van der Waals surface area contributed by atoms with Gasteiger partial charge in [-0.3, -0.25) is 0 Å². The third-order valence-corrected chi connectivity index (χ3v) is 3.75. The van der Waals surface area contributed by atoms with Crippen molar-refractivity contribution in [3.05, 3.63) is 35.0 Å². The van der Waals surface area contributed by atoms with Crippen molar-refractivity contribution in [2.24, 2.45) is 0 Å². The van der Waals surface area contributed by atoms with E-state index in [1.807, 2.05) is 0 Å². The monoisotopic (exact) mass is 261 g/mol. The van der Waals surface area contributed by atoms with Gasteiger partial charge in [0.25, 0.3) is 0 Å². The van der Waals surface area contributed by atoms with Crippen LogP contribution in [0.4, 0.5) is 4.39 Å². The molecular weight excluding hydrogens is 253 g/mol. The Morgan fingerprint density at radius 3 is 2.89 bits per heavy atom. The molecule has 3 nitrogen and oxygen atoms in total. The van der Waals surface area contributed by atoms with E-state index in [1.165, 1.54) is 12.4 Å². The summed E-state index contributed by atoms with van der Waals surface area (Å²) in [6.07, 6.45) is 3.65. The van der Waals surface area contributed by atoms with Crippen LogP contribution in [-0.2, 0) is 0 Å².